The van der Waals surface area contributed by atoms with E-state index in [0.717, 1.165) is 12.8 Å². The van der Waals surface area contributed by atoms with Gasteiger partial charge in [0.15, 0.2) is 0 Å². The second kappa shape index (κ2) is 6.60. The molecular formula is C12H22BrNO2. The Hall–Kier alpha value is -0.0900. The summed E-state index contributed by atoms with van der Waals surface area (Å²) in [5.74, 6) is 0.0880. The van der Waals surface area contributed by atoms with E-state index in [1.807, 2.05) is 25.8 Å². The van der Waals surface area contributed by atoms with Crippen LogP contribution in [0.15, 0.2) is 0 Å². The van der Waals surface area contributed by atoms with E-state index < -0.39 is 0 Å². The maximum atomic E-state index is 11.9. The lowest BCUT2D eigenvalue weighted by Gasteiger charge is -2.35. The molecule has 1 aliphatic rings. The van der Waals surface area contributed by atoms with Crippen LogP contribution in [0.3, 0.4) is 0 Å². The molecule has 1 aliphatic carbocycles. The van der Waals surface area contributed by atoms with Crippen LogP contribution in [0, 0.1) is 0 Å². The van der Waals surface area contributed by atoms with Gasteiger partial charge in [-0.2, -0.15) is 0 Å². The molecule has 4 heteroatoms. The Morgan fingerprint density at radius 3 is 2.62 bits per heavy atom. The van der Waals surface area contributed by atoms with E-state index in [2.05, 4.69) is 15.9 Å². The van der Waals surface area contributed by atoms with Crippen LogP contribution in [0.25, 0.3) is 0 Å². The molecule has 0 radical (unpaired) electrons. The second-order valence-corrected chi connectivity index (χ2v) is 5.91. The van der Waals surface area contributed by atoms with Crippen LogP contribution >= 0.6 is 15.9 Å². The second-order valence-electron chi connectivity index (χ2n) is 4.73. The zero-order valence-electron chi connectivity index (χ0n) is 10.4. The Morgan fingerprint density at radius 1 is 1.44 bits per heavy atom. The zero-order chi connectivity index (χ0) is 12.1. The maximum absolute atomic E-state index is 11.9. The molecule has 1 fully saturated rings. The average Bonchev–Trinajstić information content (AvgIpc) is 2.25. The first kappa shape index (κ1) is 14.0. The Morgan fingerprint density at radius 2 is 2.06 bits per heavy atom. The van der Waals surface area contributed by atoms with Crippen LogP contribution in [0.4, 0.5) is 0 Å². The fourth-order valence-electron chi connectivity index (χ4n) is 2.03. The van der Waals surface area contributed by atoms with Crippen LogP contribution in [-0.2, 0) is 9.53 Å². The molecule has 3 nitrogen and oxygen atoms in total. The molecule has 1 rings (SSSR count). The van der Waals surface area contributed by atoms with Gasteiger partial charge in [-0.15, -0.1) is 0 Å². The third-order valence-corrected chi connectivity index (χ3v) is 4.15. The minimum absolute atomic E-state index is 0.0880. The third kappa shape index (κ3) is 4.06. The average molecular weight is 292 g/mol. The summed E-state index contributed by atoms with van der Waals surface area (Å²) < 4.78 is 5.34. The summed E-state index contributed by atoms with van der Waals surface area (Å²) in [4.78, 5) is 14.2. The number of alkyl halides is 1. The lowest BCUT2D eigenvalue weighted by Crippen LogP contribution is -2.45. The molecule has 0 N–H and O–H groups in total. The Bertz CT molecular complexity index is 233. The lowest BCUT2D eigenvalue weighted by molar-refractivity contribution is -0.138. The van der Waals surface area contributed by atoms with E-state index >= 15 is 0 Å². The number of carbonyl (C=O) groups is 1. The van der Waals surface area contributed by atoms with Crippen molar-refractivity contribution in [2.75, 3.05) is 13.7 Å². The Balaban J connectivity index is 2.42. The van der Waals surface area contributed by atoms with Crippen molar-refractivity contribution in [3.05, 3.63) is 0 Å². The smallest absolute Gasteiger partial charge is 0.248 e. The van der Waals surface area contributed by atoms with E-state index in [1.54, 1.807) is 0 Å². The highest BCUT2D eigenvalue weighted by Gasteiger charge is 2.28. The number of amides is 1. The van der Waals surface area contributed by atoms with Crippen molar-refractivity contribution in [1.29, 1.82) is 0 Å². The number of likely N-dealkylation sites (N-methyl/N-ethyl adjacent to an activating group) is 1. The van der Waals surface area contributed by atoms with Crippen molar-refractivity contribution < 1.29 is 9.53 Å². The van der Waals surface area contributed by atoms with Crippen LogP contribution in [0.1, 0.15) is 39.5 Å². The van der Waals surface area contributed by atoms with Crippen LogP contribution in [-0.4, -0.2) is 41.4 Å². The predicted molar refractivity (Wildman–Crippen MR) is 68.8 cm³/mol. The number of ether oxygens (including phenoxy) is 1. The number of carbonyl (C=O) groups excluding carboxylic acids is 1. The molecule has 0 saturated heterocycles. The monoisotopic (exact) mass is 291 g/mol. The minimum Gasteiger partial charge on any atom is -0.369 e. The van der Waals surface area contributed by atoms with Gasteiger partial charge in [0, 0.05) is 17.9 Å². The first-order valence-electron chi connectivity index (χ1n) is 6.03. The van der Waals surface area contributed by atoms with Gasteiger partial charge in [-0.3, -0.25) is 4.79 Å². The van der Waals surface area contributed by atoms with Crippen molar-refractivity contribution in [3.8, 4) is 0 Å². The van der Waals surface area contributed by atoms with Crippen LogP contribution in [0.2, 0.25) is 0 Å². The molecule has 0 spiro atoms. The maximum Gasteiger partial charge on any atom is 0.248 e. The fourth-order valence-corrected chi connectivity index (χ4v) is 2.97. The van der Waals surface area contributed by atoms with Gasteiger partial charge >= 0.3 is 0 Å². The van der Waals surface area contributed by atoms with Crippen LogP contribution in [0.5, 0.6) is 0 Å². The number of hydrogen-bond donors (Lipinski definition) is 0. The number of hydrogen-bond acceptors (Lipinski definition) is 2. The number of nitrogens with zero attached hydrogens (tertiary/aromatic N) is 1. The van der Waals surface area contributed by atoms with E-state index in [9.17, 15) is 4.79 Å². The predicted octanol–water partition coefficient (Wildman–Crippen LogP) is 2.58. The highest BCUT2D eigenvalue weighted by atomic mass is 79.9. The molecule has 0 aromatic carbocycles. The lowest BCUT2D eigenvalue weighted by atomic mass is 9.94. The Labute approximate surface area is 107 Å². The fraction of sp³-hybridized carbons (Fsp3) is 0.917. The van der Waals surface area contributed by atoms with Crippen molar-refractivity contribution in [2.45, 2.75) is 56.5 Å². The van der Waals surface area contributed by atoms with Gasteiger partial charge in [0.2, 0.25) is 5.91 Å². The van der Waals surface area contributed by atoms with E-state index in [0.29, 0.717) is 10.9 Å². The number of rotatable bonds is 4. The SMILES string of the molecule is CC(C)OCC(=O)N(C)C1CCCCC1Br. The van der Waals surface area contributed by atoms with Gasteiger partial charge in [-0.05, 0) is 26.7 Å². The summed E-state index contributed by atoms with van der Waals surface area (Å²) in [7, 11) is 1.89. The number of halogens is 1. The van der Waals surface area contributed by atoms with Crippen molar-refractivity contribution in [1.82, 2.24) is 4.90 Å². The van der Waals surface area contributed by atoms with Gasteiger partial charge in [-0.25, -0.2) is 0 Å². The molecule has 94 valence electrons. The molecule has 0 heterocycles. The molecule has 0 aromatic rings. The highest BCUT2D eigenvalue weighted by molar-refractivity contribution is 9.09. The van der Waals surface area contributed by atoms with Crippen molar-refractivity contribution in [2.24, 2.45) is 0 Å². The summed E-state index contributed by atoms with van der Waals surface area (Å²) in [6, 6.07) is 0.331. The third-order valence-electron chi connectivity index (χ3n) is 3.08. The first-order valence-corrected chi connectivity index (χ1v) is 6.95. The minimum atomic E-state index is 0.0880. The van der Waals surface area contributed by atoms with Crippen molar-refractivity contribution in [3.63, 3.8) is 0 Å². The summed E-state index contributed by atoms with van der Waals surface area (Å²) in [5.41, 5.74) is 0. The molecule has 0 bridgehead atoms. The normalized spacial score (nSPS) is 25.8. The van der Waals surface area contributed by atoms with Crippen molar-refractivity contribution >= 4 is 21.8 Å². The summed E-state index contributed by atoms with van der Waals surface area (Å²) in [6.45, 7) is 4.09. The molecule has 1 amide bonds. The van der Waals surface area contributed by atoms with Crippen LogP contribution < -0.4 is 0 Å². The first-order chi connectivity index (χ1) is 7.52. The molecule has 1 saturated carbocycles. The highest BCUT2D eigenvalue weighted by Crippen LogP contribution is 2.27. The summed E-state index contributed by atoms with van der Waals surface area (Å²) in [5, 5.41) is 0. The molecular weight excluding hydrogens is 270 g/mol. The zero-order valence-corrected chi connectivity index (χ0v) is 12.0. The van der Waals surface area contributed by atoms with E-state index in [1.165, 1.54) is 12.8 Å². The van der Waals surface area contributed by atoms with Gasteiger partial charge in [0.25, 0.3) is 0 Å². The standard InChI is InChI=1S/C12H22BrNO2/c1-9(2)16-8-12(15)14(3)11-7-5-4-6-10(11)13/h9-11H,4-8H2,1-3H3. The molecule has 2 unspecified atom stereocenters. The quantitative estimate of drug-likeness (QED) is 0.745. The molecule has 0 aromatic heterocycles. The van der Waals surface area contributed by atoms with E-state index in [-0.39, 0.29) is 18.6 Å². The summed E-state index contributed by atoms with van der Waals surface area (Å²) >= 11 is 3.67. The van der Waals surface area contributed by atoms with Gasteiger partial charge in [0.1, 0.15) is 6.61 Å². The molecule has 0 aliphatic heterocycles. The summed E-state index contributed by atoms with van der Waals surface area (Å²) in [6.07, 6.45) is 4.85. The molecule has 2 atom stereocenters. The van der Waals surface area contributed by atoms with E-state index in [4.69, 9.17) is 4.74 Å². The van der Waals surface area contributed by atoms with Gasteiger partial charge in [0.05, 0.1) is 6.10 Å². The van der Waals surface area contributed by atoms with Gasteiger partial charge < -0.3 is 9.64 Å². The largest absolute Gasteiger partial charge is 0.369 e. The molecule has 16 heavy (non-hydrogen) atoms. The Kier molecular flexibility index (Phi) is 5.76. The topological polar surface area (TPSA) is 29.5 Å². The van der Waals surface area contributed by atoms with Gasteiger partial charge in [-0.1, -0.05) is 28.8 Å².